The van der Waals surface area contributed by atoms with Crippen LogP contribution in [0.4, 0.5) is 0 Å². The number of hydrogen-bond donors (Lipinski definition) is 2. The quantitative estimate of drug-likeness (QED) is 0.854. The zero-order valence-corrected chi connectivity index (χ0v) is 12.8. The average molecular weight is 285 g/mol. The van der Waals surface area contributed by atoms with Gasteiger partial charge in [0.25, 0.3) is 0 Å². The van der Waals surface area contributed by atoms with Crippen LogP contribution in [0.3, 0.4) is 0 Å². The minimum absolute atomic E-state index is 0.0550. The van der Waals surface area contributed by atoms with Crippen molar-refractivity contribution < 1.29 is 4.79 Å². The molecule has 3 atom stereocenters. The Morgan fingerprint density at radius 1 is 1.29 bits per heavy atom. The van der Waals surface area contributed by atoms with Gasteiger partial charge in [0.2, 0.25) is 5.91 Å². The number of H-pyrrole nitrogens is 1. The minimum Gasteiger partial charge on any atom is -0.347 e. The predicted molar refractivity (Wildman–Crippen MR) is 83.8 cm³/mol. The van der Waals surface area contributed by atoms with Gasteiger partial charge >= 0.3 is 0 Å². The van der Waals surface area contributed by atoms with Crippen LogP contribution in [0.2, 0.25) is 0 Å². The lowest BCUT2D eigenvalue weighted by Crippen LogP contribution is -2.34. The van der Waals surface area contributed by atoms with Crippen molar-refractivity contribution in [3.05, 3.63) is 54.1 Å². The third kappa shape index (κ3) is 3.72. The number of nitrogens with zero attached hydrogens (tertiary/aromatic N) is 1. The summed E-state index contributed by atoms with van der Waals surface area (Å²) in [5, 5.41) is 3.06. The van der Waals surface area contributed by atoms with Crippen LogP contribution < -0.4 is 5.32 Å². The van der Waals surface area contributed by atoms with Crippen LogP contribution in [0.1, 0.15) is 50.5 Å². The van der Waals surface area contributed by atoms with E-state index in [1.165, 1.54) is 0 Å². The lowest BCUT2D eigenvalue weighted by atomic mass is 9.84. The zero-order chi connectivity index (χ0) is 15.2. The fourth-order valence-electron chi connectivity index (χ4n) is 2.52. The van der Waals surface area contributed by atoms with Crippen molar-refractivity contribution in [2.75, 3.05) is 0 Å². The van der Waals surface area contributed by atoms with Crippen molar-refractivity contribution in [1.82, 2.24) is 15.3 Å². The monoisotopic (exact) mass is 285 g/mol. The van der Waals surface area contributed by atoms with E-state index in [1.54, 1.807) is 12.4 Å². The molecule has 0 fully saturated rings. The zero-order valence-electron chi connectivity index (χ0n) is 12.8. The second kappa shape index (κ2) is 7.07. The van der Waals surface area contributed by atoms with Gasteiger partial charge in [-0.3, -0.25) is 4.79 Å². The molecule has 1 aromatic carbocycles. The Balaban J connectivity index is 2.15. The van der Waals surface area contributed by atoms with Crippen LogP contribution >= 0.6 is 0 Å². The fraction of sp³-hybridized carbons (Fsp3) is 0.412. The lowest BCUT2D eigenvalue weighted by Gasteiger charge is -2.24. The third-order valence-electron chi connectivity index (χ3n) is 3.94. The summed E-state index contributed by atoms with van der Waals surface area (Å²) >= 11 is 0. The molecule has 2 rings (SSSR count). The summed E-state index contributed by atoms with van der Waals surface area (Å²) in [6.07, 6.45) is 4.42. The Morgan fingerprint density at radius 2 is 2.00 bits per heavy atom. The molecule has 0 aliphatic carbocycles. The molecule has 2 aromatic rings. The molecule has 0 aliphatic heterocycles. The van der Waals surface area contributed by atoms with Gasteiger partial charge in [0.1, 0.15) is 5.82 Å². The molecular formula is C17H23N3O. The molecule has 3 unspecified atom stereocenters. The molecule has 4 nitrogen and oxygen atoms in total. The average Bonchev–Trinajstić information content (AvgIpc) is 3.02. The molecule has 1 amide bonds. The number of nitrogens with one attached hydrogen (secondary N) is 2. The first-order valence-electron chi connectivity index (χ1n) is 7.48. The maximum atomic E-state index is 12.7. The van der Waals surface area contributed by atoms with E-state index >= 15 is 0 Å². The topological polar surface area (TPSA) is 57.8 Å². The normalized spacial score (nSPS) is 15.2. The smallest absolute Gasteiger partial charge is 0.228 e. The van der Waals surface area contributed by atoms with Crippen molar-refractivity contribution in [3.63, 3.8) is 0 Å². The summed E-state index contributed by atoms with van der Waals surface area (Å²) in [6.45, 7) is 6.17. The number of imidazole rings is 1. The lowest BCUT2D eigenvalue weighted by molar-refractivity contribution is -0.124. The molecule has 0 spiro atoms. The summed E-state index contributed by atoms with van der Waals surface area (Å²) < 4.78 is 0. The van der Waals surface area contributed by atoms with E-state index in [4.69, 9.17) is 0 Å². The Kier molecular flexibility index (Phi) is 5.14. The van der Waals surface area contributed by atoms with Gasteiger partial charge in [-0.05, 0) is 18.4 Å². The van der Waals surface area contributed by atoms with E-state index in [0.29, 0.717) is 0 Å². The van der Waals surface area contributed by atoms with Crippen LogP contribution in [0.5, 0.6) is 0 Å². The van der Waals surface area contributed by atoms with Gasteiger partial charge in [0, 0.05) is 12.4 Å². The van der Waals surface area contributed by atoms with Crippen LogP contribution in [0.15, 0.2) is 42.7 Å². The summed E-state index contributed by atoms with van der Waals surface area (Å²) in [7, 11) is 0. The van der Waals surface area contributed by atoms with E-state index in [1.807, 2.05) is 37.3 Å². The SMILES string of the molecule is CCC(C)C(C(=O)NC(C)c1ncc[nH]1)c1ccccc1. The van der Waals surface area contributed by atoms with Crippen LogP contribution in [-0.2, 0) is 4.79 Å². The number of benzene rings is 1. The summed E-state index contributed by atoms with van der Waals surface area (Å²) in [6, 6.07) is 9.85. The molecule has 2 N–H and O–H groups in total. The Hall–Kier alpha value is -2.10. The van der Waals surface area contributed by atoms with Gasteiger partial charge < -0.3 is 10.3 Å². The minimum atomic E-state index is -0.131. The van der Waals surface area contributed by atoms with E-state index in [2.05, 4.69) is 29.1 Å². The number of aromatic amines is 1. The maximum absolute atomic E-state index is 12.7. The molecule has 0 saturated carbocycles. The molecule has 4 heteroatoms. The molecule has 21 heavy (non-hydrogen) atoms. The van der Waals surface area contributed by atoms with Gasteiger partial charge in [0.15, 0.2) is 0 Å². The first kappa shape index (κ1) is 15.3. The van der Waals surface area contributed by atoms with Gasteiger partial charge in [-0.1, -0.05) is 50.6 Å². The number of carbonyl (C=O) groups is 1. The third-order valence-corrected chi connectivity index (χ3v) is 3.94. The summed E-state index contributed by atoms with van der Waals surface area (Å²) in [5.41, 5.74) is 1.07. The predicted octanol–water partition coefficient (Wildman–Crippen LogP) is 3.42. The summed E-state index contributed by atoms with van der Waals surface area (Å²) in [4.78, 5) is 19.9. The highest BCUT2D eigenvalue weighted by atomic mass is 16.2. The highest BCUT2D eigenvalue weighted by Crippen LogP contribution is 2.27. The van der Waals surface area contributed by atoms with Gasteiger partial charge in [-0.2, -0.15) is 0 Å². The number of amides is 1. The van der Waals surface area contributed by atoms with Crippen molar-refractivity contribution >= 4 is 5.91 Å². The Morgan fingerprint density at radius 3 is 2.57 bits per heavy atom. The fourth-order valence-corrected chi connectivity index (χ4v) is 2.52. The molecular weight excluding hydrogens is 262 g/mol. The van der Waals surface area contributed by atoms with E-state index in [-0.39, 0.29) is 23.8 Å². The standard InChI is InChI=1S/C17H23N3O/c1-4-12(2)15(14-8-6-5-7-9-14)17(21)20-13(3)16-18-10-11-19-16/h5-13,15H,4H2,1-3H3,(H,18,19)(H,20,21). The van der Waals surface area contributed by atoms with E-state index < -0.39 is 0 Å². The molecule has 0 radical (unpaired) electrons. The number of carbonyl (C=O) groups excluding carboxylic acids is 1. The Labute approximate surface area is 126 Å². The van der Waals surface area contributed by atoms with Crippen molar-refractivity contribution in [2.45, 2.75) is 39.2 Å². The first-order valence-corrected chi connectivity index (χ1v) is 7.48. The maximum Gasteiger partial charge on any atom is 0.228 e. The molecule has 112 valence electrons. The second-order valence-corrected chi connectivity index (χ2v) is 5.48. The molecule has 1 heterocycles. The number of rotatable bonds is 6. The molecule has 0 aliphatic rings. The summed E-state index contributed by atoms with van der Waals surface area (Å²) in [5.74, 6) is 0.989. The van der Waals surface area contributed by atoms with Crippen molar-refractivity contribution in [2.24, 2.45) is 5.92 Å². The van der Waals surface area contributed by atoms with Crippen LogP contribution in [0.25, 0.3) is 0 Å². The van der Waals surface area contributed by atoms with Gasteiger partial charge in [-0.15, -0.1) is 0 Å². The highest BCUT2D eigenvalue weighted by molar-refractivity contribution is 5.84. The number of aromatic nitrogens is 2. The van der Waals surface area contributed by atoms with Gasteiger partial charge in [-0.25, -0.2) is 4.98 Å². The van der Waals surface area contributed by atoms with Crippen LogP contribution in [-0.4, -0.2) is 15.9 Å². The number of hydrogen-bond acceptors (Lipinski definition) is 2. The molecule has 0 bridgehead atoms. The second-order valence-electron chi connectivity index (χ2n) is 5.48. The van der Waals surface area contributed by atoms with Crippen molar-refractivity contribution in [3.8, 4) is 0 Å². The Bertz CT molecular complexity index is 551. The van der Waals surface area contributed by atoms with E-state index in [0.717, 1.165) is 17.8 Å². The van der Waals surface area contributed by atoms with Crippen molar-refractivity contribution in [1.29, 1.82) is 0 Å². The van der Waals surface area contributed by atoms with Gasteiger partial charge in [0.05, 0.1) is 12.0 Å². The first-order chi connectivity index (χ1) is 10.1. The molecule has 1 aromatic heterocycles. The van der Waals surface area contributed by atoms with E-state index in [9.17, 15) is 4.79 Å². The highest BCUT2D eigenvalue weighted by Gasteiger charge is 2.27. The van der Waals surface area contributed by atoms with Crippen LogP contribution in [0, 0.1) is 5.92 Å². The largest absolute Gasteiger partial charge is 0.347 e. The molecule has 0 saturated heterocycles.